The second-order valence-corrected chi connectivity index (χ2v) is 4.17. The Hall–Kier alpha value is -0.120. The van der Waals surface area contributed by atoms with Crippen molar-refractivity contribution in [3.63, 3.8) is 0 Å². The van der Waals surface area contributed by atoms with Crippen LogP contribution in [-0.2, 0) is 0 Å². The molecule has 0 unspecified atom stereocenters. The fourth-order valence-corrected chi connectivity index (χ4v) is 2.53. The third-order valence-corrected chi connectivity index (χ3v) is 3.34. The minimum absolute atomic E-state index is 0.772. The summed E-state index contributed by atoms with van der Waals surface area (Å²) in [6, 6.07) is 5.85. The topological polar surface area (TPSA) is 12.4 Å². The maximum atomic E-state index is 5.80. The van der Waals surface area contributed by atoms with Crippen molar-refractivity contribution in [1.29, 1.82) is 0 Å². The van der Waals surface area contributed by atoms with Gasteiger partial charge in [-0.05, 0) is 18.2 Å². The molecule has 1 heterocycles. The molecular formula is C7H4ClNS2. The SMILES string of the molecule is Clc1ccc2c(c1)SN=CS2. The fourth-order valence-electron chi connectivity index (χ4n) is 0.807. The van der Waals surface area contributed by atoms with E-state index in [-0.39, 0.29) is 0 Å². The zero-order valence-corrected chi connectivity index (χ0v) is 7.84. The minimum Gasteiger partial charge on any atom is -0.212 e. The van der Waals surface area contributed by atoms with Gasteiger partial charge < -0.3 is 0 Å². The first-order chi connectivity index (χ1) is 5.36. The summed E-state index contributed by atoms with van der Waals surface area (Å²) in [5.41, 5.74) is 1.83. The van der Waals surface area contributed by atoms with E-state index in [0.29, 0.717) is 0 Å². The van der Waals surface area contributed by atoms with E-state index < -0.39 is 0 Å². The lowest BCUT2D eigenvalue weighted by Gasteiger charge is -2.07. The quantitative estimate of drug-likeness (QED) is 0.596. The van der Waals surface area contributed by atoms with Crippen LogP contribution in [-0.4, -0.2) is 5.55 Å². The van der Waals surface area contributed by atoms with Crippen LogP contribution in [0.1, 0.15) is 0 Å². The standard InChI is InChI=1S/C7H4ClNS2/c8-5-1-2-6-7(3-5)11-9-4-10-6/h1-4H. The largest absolute Gasteiger partial charge is 0.212 e. The van der Waals surface area contributed by atoms with Gasteiger partial charge in [-0.15, -0.1) is 0 Å². The van der Waals surface area contributed by atoms with Crippen molar-refractivity contribution in [2.24, 2.45) is 4.40 Å². The predicted molar refractivity (Wildman–Crippen MR) is 51.7 cm³/mol. The number of hydrogen-bond acceptors (Lipinski definition) is 3. The van der Waals surface area contributed by atoms with Crippen molar-refractivity contribution in [2.75, 3.05) is 0 Å². The van der Waals surface area contributed by atoms with Crippen molar-refractivity contribution < 1.29 is 0 Å². The molecule has 0 radical (unpaired) electrons. The summed E-state index contributed by atoms with van der Waals surface area (Å²) < 4.78 is 4.06. The molecule has 0 bridgehead atoms. The molecule has 0 amide bonds. The normalized spacial score (nSPS) is 14.6. The highest BCUT2D eigenvalue weighted by molar-refractivity contribution is 8.14. The second-order valence-electron chi connectivity index (χ2n) is 2.01. The van der Waals surface area contributed by atoms with E-state index >= 15 is 0 Å². The minimum atomic E-state index is 0.772. The van der Waals surface area contributed by atoms with Crippen LogP contribution in [0.5, 0.6) is 0 Å². The molecule has 1 nitrogen and oxygen atoms in total. The summed E-state index contributed by atoms with van der Waals surface area (Å²) in [6.07, 6.45) is 0. The zero-order valence-electron chi connectivity index (χ0n) is 5.45. The number of benzene rings is 1. The van der Waals surface area contributed by atoms with Crippen LogP contribution < -0.4 is 0 Å². The summed E-state index contributed by atoms with van der Waals surface area (Å²) in [6.45, 7) is 0. The summed E-state index contributed by atoms with van der Waals surface area (Å²) in [5, 5.41) is 0.772. The second kappa shape index (κ2) is 3.09. The van der Waals surface area contributed by atoms with Crippen LogP contribution in [0.25, 0.3) is 0 Å². The molecule has 0 N–H and O–H groups in total. The van der Waals surface area contributed by atoms with Crippen molar-refractivity contribution >= 4 is 40.9 Å². The number of fused-ring (bicyclic) bond motifs is 1. The smallest absolute Gasteiger partial charge is 0.0732 e. The van der Waals surface area contributed by atoms with Gasteiger partial charge in [-0.25, -0.2) is 4.40 Å². The van der Waals surface area contributed by atoms with Crippen LogP contribution in [0.3, 0.4) is 0 Å². The monoisotopic (exact) mass is 201 g/mol. The lowest BCUT2D eigenvalue weighted by Crippen LogP contribution is -1.81. The molecule has 11 heavy (non-hydrogen) atoms. The molecular weight excluding hydrogens is 198 g/mol. The first kappa shape index (κ1) is 7.53. The van der Waals surface area contributed by atoms with Gasteiger partial charge >= 0.3 is 0 Å². The highest BCUT2D eigenvalue weighted by Gasteiger charge is 2.06. The molecule has 4 heteroatoms. The Morgan fingerprint density at radius 1 is 1.27 bits per heavy atom. The van der Waals surface area contributed by atoms with Crippen molar-refractivity contribution in [3.8, 4) is 0 Å². The first-order valence-electron chi connectivity index (χ1n) is 3.01. The fraction of sp³-hybridized carbons (Fsp3) is 0. The molecule has 1 aliphatic rings. The Labute approximate surface area is 78.4 Å². The maximum Gasteiger partial charge on any atom is 0.0732 e. The molecule has 1 aliphatic heterocycles. The predicted octanol–water partition coefficient (Wildman–Crippen LogP) is 3.48. The highest BCUT2D eigenvalue weighted by Crippen LogP contribution is 2.36. The van der Waals surface area contributed by atoms with E-state index in [1.807, 2.05) is 23.7 Å². The third-order valence-electron chi connectivity index (χ3n) is 1.28. The van der Waals surface area contributed by atoms with Gasteiger partial charge in [0.15, 0.2) is 0 Å². The Balaban J connectivity index is 2.48. The van der Waals surface area contributed by atoms with E-state index in [1.54, 1.807) is 11.8 Å². The van der Waals surface area contributed by atoms with Gasteiger partial charge in [0.1, 0.15) is 0 Å². The molecule has 0 spiro atoms. The average molecular weight is 202 g/mol. The zero-order chi connectivity index (χ0) is 7.68. The van der Waals surface area contributed by atoms with Gasteiger partial charge in [-0.2, -0.15) is 0 Å². The van der Waals surface area contributed by atoms with Crippen molar-refractivity contribution in [3.05, 3.63) is 23.2 Å². The van der Waals surface area contributed by atoms with Crippen molar-refractivity contribution in [1.82, 2.24) is 0 Å². The van der Waals surface area contributed by atoms with Gasteiger partial charge in [0.05, 0.1) is 5.55 Å². The molecule has 1 aromatic rings. The van der Waals surface area contributed by atoms with E-state index in [9.17, 15) is 0 Å². The summed E-state index contributed by atoms with van der Waals surface area (Å²) in [7, 11) is 0. The number of halogens is 1. The summed E-state index contributed by atoms with van der Waals surface area (Å²) >= 11 is 8.90. The molecule has 1 aromatic carbocycles. The Kier molecular flexibility index (Phi) is 2.11. The van der Waals surface area contributed by atoms with Crippen LogP contribution in [0.15, 0.2) is 32.4 Å². The van der Waals surface area contributed by atoms with Crippen LogP contribution in [0.2, 0.25) is 5.02 Å². The Bertz CT molecular complexity index is 311. The maximum absolute atomic E-state index is 5.80. The molecule has 0 aromatic heterocycles. The lowest BCUT2D eigenvalue weighted by molar-refractivity contribution is 1.25. The first-order valence-corrected chi connectivity index (χ1v) is 5.04. The van der Waals surface area contributed by atoms with Crippen LogP contribution >= 0.6 is 35.3 Å². The van der Waals surface area contributed by atoms with Gasteiger partial charge in [-0.1, -0.05) is 23.4 Å². The lowest BCUT2D eigenvalue weighted by atomic mass is 10.4. The van der Waals surface area contributed by atoms with Gasteiger partial charge in [0.25, 0.3) is 0 Å². The van der Waals surface area contributed by atoms with E-state index in [0.717, 1.165) is 9.92 Å². The van der Waals surface area contributed by atoms with Crippen molar-refractivity contribution in [2.45, 2.75) is 9.79 Å². The number of thioether (sulfide) groups is 1. The summed E-state index contributed by atoms with van der Waals surface area (Å²) in [5.74, 6) is 0. The number of hydrogen-bond donors (Lipinski definition) is 0. The third kappa shape index (κ3) is 1.55. The van der Waals surface area contributed by atoms with Crippen LogP contribution in [0, 0.1) is 0 Å². The molecule has 0 fully saturated rings. The Morgan fingerprint density at radius 3 is 3.09 bits per heavy atom. The van der Waals surface area contributed by atoms with E-state index in [1.165, 1.54) is 16.8 Å². The molecule has 0 atom stereocenters. The molecule has 0 aliphatic carbocycles. The molecule has 2 rings (SSSR count). The number of nitrogens with zero attached hydrogens (tertiary/aromatic N) is 1. The Morgan fingerprint density at radius 2 is 2.18 bits per heavy atom. The molecule has 0 saturated heterocycles. The van der Waals surface area contributed by atoms with E-state index in [4.69, 9.17) is 11.6 Å². The highest BCUT2D eigenvalue weighted by atomic mass is 35.5. The van der Waals surface area contributed by atoms with E-state index in [2.05, 4.69) is 4.40 Å². The van der Waals surface area contributed by atoms with Gasteiger partial charge in [0, 0.05) is 26.8 Å². The van der Waals surface area contributed by atoms with Crippen LogP contribution in [0.4, 0.5) is 0 Å². The van der Waals surface area contributed by atoms with Gasteiger partial charge in [0.2, 0.25) is 0 Å². The van der Waals surface area contributed by atoms with Gasteiger partial charge in [-0.3, -0.25) is 0 Å². The molecule has 0 saturated carbocycles. The number of rotatable bonds is 0. The molecule has 56 valence electrons. The summed E-state index contributed by atoms with van der Waals surface area (Å²) in [4.78, 5) is 2.37. The average Bonchev–Trinajstić information content (AvgIpc) is 2.04.